The highest BCUT2D eigenvalue weighted by Crippen LogP contribution is 2.34. The number of hydrogen-bond donors (Lipinski definition) is 2. The van der Waals surface area contributed by atoms with Crippen LogP contribution >= 0.6 is 0 Å². The van der Waals surface area contributed by atoms with E-state index >= 15 is 0 Å². The molecule has 0 unspecified atom stereocenters. The van der Waals surface area contributed by atoms with E-state index in [1.54, 1.807) is 6.07 Å². The van der Waals surface area contributed by atoms with E-state index in [4.69, 9.17) is 4.74 Å². The van der Waals surface area contributed by atoms with Gasteiger partial charge in [0.15, 0.2) is 11.6 Å². The maximum absolute atomic E-state index is 12.6. The highest BCUT2D eigenvalue weighted by Gasteiger charge is 2.33. The highest BCUT2D eigenvalue weighted by molar-refractivity contribution is 5.93. The van der Waals surface area contributed by atoms with Crippen molar-refractivity contribution in [2.75, 3.05) is 11.9 Å². The molecule has 1 fully saturated rings. The molecule has 0 saturated carbocycles. The molecule has 2 atom stereocenters. The number of rotatable bonds is 3. The van der Waals surface area contributed by atoms with Crippen molar-refractivity contribution in [3.8, 4) is 5.75 Å². The van der Waals surface area contributed by atoms with Crippen LogP contribution in [0, 0.1) is 5.92 Å². The quantitative estimate of drug-likeness (QED) is 0.914. The van der Waals surface area contributed by atoms with Crippen LogP contribution in [0.15, 0.2) is 48.7 Å². The van der Waals surface area contributed by atoms with Gasteiger partial charge in [-0.1, -0.05) is 30.3 Å². The summed E-state index contributed by atoms with van der Waals surface area (Å²) in [6, 6.07) is 12.9. The molecule has 0 radical (unpaired) electrons. The second kappa shape index (κ2) is 6.58. The SMILES string of the molecule is O=C(Nc1ncccc1O)[C@H]1CCCO[C@H]1c1ccccc1. The van der Waals surface area contributed by atoms with Crippen molar-refractivity contribution in [2.45, 2.75) is 18.9 Å². The number of amides is 1. The molecule has 0 spiro atoms. The Morgan fingerprint density at radius 3 is 2.82 bits per heavy atom. The summed E-state index contributed by atoms with van der Waals surface area (Å²) in [5.41, 5.74) is 0.993. The average molecular weight is 298 g/mol. The molecule has 3 rings (SSSR count). The molecular formula is C17H18N2O3. The molecule has 2 heterocycles. The molecule has 0 bridgehead atoms. The molecule has 1 aliphatic rings. The van der Waals surface area contributed by atoms with Crippen LogP contribution in [0.1, 0.15) is 24.5 Å². The Morgan fingerprint density at radius 2 is 2.05 bits per heavy atom. The summed E-state index contributed by atoms with van der Waals surface area (Å²) >= 11 is 0. The number of carbonyl (C=O) groups is 1. The van der Waals surface area contributed by atoms with Crippen molar-refractivity contribution in [3.63, 3.8) is 0 Å². The third kappa shape index (κ3) is 3.09. The number of anilines is 1. The summed E-state index contributed by atoms with van der Waals surface area (Å²) in [7, 11) is 0. The highest BCUT2D eigenvalue weighted by atomic mass is 16.5. The van der Waals surface area contributed by atoms with Crippen molar-refractivity contribution in [3.05, 3.63) is 54.2 Å². The van der Waals surface area contributed by atoms with Gasteiger partial charge in [0.05, 0.1) is 12.0 Å². The lowest BCUT2D eigenvalue weighted by atomic mass is 9.89. The minimum absolute atomic E-state index is 0.0381. The van der Waals surface area contributed by atoms with Crippen LogP contribution < -0.4 is 5.32 Å². The molecule has 1 aliphatic heterocycles. The van der Waals surface area contributed by atoms with Gasteiger partial charge in [-0.3, -0.25) is 4.79 Å². The zero-order chi connectivity index (χ0) is 15.4. The number of ether oxygens (including phenoxy) is 1. The summed E-state index contributed by atoms with van der Waals surface area (Å²) in [6.07, 6.45) is 2.86. The lowest BCUT2D eigenvalue weighted by Gasteiger charge is -2.31. The molecular weight excluding hydrogens is 280 g/mol. The van der Waals surface area contributed by atoms with Gasteiger partial charge in [-0.05, 0) is 30.5 Å². The molecule has 5 heteroatoms. The number of hydrogen-bond acceptors (Lipinski definition) is 4. The molecule has 2 N–H and O–H groups in total. The third-order valence-corrected chi connectivity index (χ3v) is 3.82. The van der Waals surface area contributed by atoms with Crippen LogP contribution in [0.25, 0.3) is 0 Å². The summed E-state index contributed by atoms with van der Waals surface area (Å²) < 4.78 is 5.82. The van der Waals surface area contributed by atoms with E-state index in [0.29, 0.717) is 6.61 Å². The van der Waals surface area contributed by atoms with Crippen LogP contribution in [0.2, 0.25) is 0 Å². The van der Waals surface area contributed by atoms with E-state index in [0.717, 1.165) is 18.4 Å². The van der Waals surface area contributed by atoms with Crippen molar-refractivity contribution >= 4 is 11.7 Å². The van der Waals surface area contributed by atoms with Gasteiger partial charge in [0.1, 0.15) is 0 Å². The molecule has 5 nitrogen and oxygen atoms in total. The monoisotopic (exact) mass is 298 g/mol. The van der Waals surface area contributed by atoms with E-state index in [1.165, 1.54) is 12.3 Å². The van der Waals surface area contributed by atoms with Gasteiger partial charge in [0.25, 0.3) is 0 Å². The fourth-order valence-corrected chi connectivity index (χ4v) is 2.72. The van der Waals surface area contributed by atoms with E-state index in [2.05, 4.69) is 10.3 Å². The van der Waals surface area contributed by atoms with Gasteiger partial charge in [-0.2, -0.15) is 0 Å². The first-order valence-electron chi connectivity index (χ1n) is 7.37. The standard InChI is InChI=1S/C17H18N2O3/c20-14-9-4-10-18-16(14)19-17(21)13-8-5-11-22-15(13)12-6-2-1-3-7-12/h1-4,6-7,9-10,13,15,20H,5,8,11H2,(H,18,19,21)/t13-,15-/m0/s1. The number of nitrogens with one attached hydrogen (secondary N) is 1. The van der Waals surface area contributed by atoms with Gasteiger partial charge in [-0.15, -0.1) is 0 Å². The number of carbonyl (C=O) groups excluding carboxylic acids is 1. The predicted octanol–water partition coefficient (Wildman–Crippen LogP) is 2.89. The molecule has 1 aromatic heterocycles. The Hall–Kier alpha value is -2.40. The summed E-state index contributed by atoms with van der Waals surface area (Å²) in [5.74, 6) is -0.325. The van der Waals surface area contributed by atoms with Crippen molar-refractivity contribution in [2.24, 2.45) is 5.92 Å². The number of aromatic nitrogens is 1. The van der Waals surface area contributed by atoms with Crippen LogP contribution in [0.5, 0.6) is 5.75 Å². The van der Waals surface area contributed by atoms with E-state index in [-0.39, 0.29) is 29.5 Å². The maximum Gasteiger partial charge on any atom is 0.231 e. The Bertz CT molecular complexity index is 645. The third-order valence-electron chi connectivity index (χ3n) is 3.82. The largest absolute Gasteiger partial charge is 0.504 e. The van der Waals surface area contributed by atoms with Crippen LogP contribution in [0.3, 0.4) is 0 Å². The normalized spacial score (nSPS) is 21.3. The molecule has 2 aromatic rings. The van der Waals surface area contributed by atoms with Crippen LogP contribution in [0.4, 0.5) is 5.82 Å². The zero-order valence-electron chi connectivity index (χ0n) is 12.1. The maximum atomic E-state index is 12.6. The summed E-state index contributed by atoms with van der Waals surface area (Å²) in [4.78, 5) is 16.5. The minimum atomic E-state index is -0.294. The fourth-order valence-electron chi connectivity index (χ4n) is 2.72. The lowest BCUT2D eigenvalue weighted by molar-refractivity contribution is -0.129. The minimum Gasteiger partial charge on any atom is -0.504 e. The van der Waals surface area contributed by atoms with Gasteiger partial charge >= 0.3 is 0 Å². The Balaban J connectivity index is 1.79. The Labute approximate surface area is 129 Å². The van der Waals surface area contributed by atoms with Gasteiger partial charge in [0.2, 0.25) is 5.91 Å². The first-order chi connectivity index (χ1) is 10.8. The smallest absolute Gasteiger partial charge is 0.231 e. The second-order valence-electron chi connectivity index (χ2n) is 5.31. The van der Waals surface area contributed by atoms with Gasteiger partial charge in [-0.25, -0.2) is 4.98 Å². The van der Waals surface area contributed by atoms with Gasteiger partial charge in [0, 0.05) is 12.8 Å². The topological polar surface area (TPSA) is 71.5 Å². The van der Waals surface area contributed by atoms with E-state index in [9.17, 15) is 9.90 Å². The fraction of sp³-hybridized carbons (Fsp3) is 0.294. The number of aromatic hydroxyl groups is 1. The second-order valence-corrected chi connectivity index (χ2v) is 5.31. The predicted molar refractivity (Wildman–Crippen MR) is 82.4 cm³/mol. The van der Waals surface area contributed by atoms with Crippen molar-refractivity contribution in [1.29, 1.82) is 0 Å². The van der Waals surface area contributed by atoms with Crippen molar-refractivity contribution in [1.82, 2.24) is 4.98 Å². The van der Waals surface area contributed by atoms with Crippen LogP contribution in [-0.4, -0.2) is 22.6 Å². The first-order valence-corrected chi connectivity index (χ1v) is 7.37. The number of pyridine rings is 1. The zero-order valence-corrected chi connectivity index (χ0v) is 12.1. The van der Waals surface area contributed by atoms with Crippen molar-refractivity contribution < 1.29 is 14.6 Å². The number of benzene rings is 1. The van der Waals surface area contributed by atoms with Crippen LogP contribution in [-0.2, 0) is 9.53 Å². The Kier molecular flexibility index (Phi) is 4.34. The molecule has 0 aliphatic carbocycles. The number of nitrogens with zero attached hydrogens (tertiary/aromatic N) is 1. The molecule has 1 saturated heterocycles. The van der Waals surface area contributed by atoms with E-state index < -0.39 is 0 Å². The van der Waals surface area contributed by atoms with E-state index in [1.807, 2.05) is 30.3 Å². The average Bonchev–Trinajstić information content (AvgIpc) is 2.58. The Morgan fingerprint density at radius 1 is 1.23 bits per heavy atom. The molecule has 1 amide bonds. The summed E-state index contributed by atoms with van der Waals surface area (Å²) in [5, 5.41) is 12.4. The first kappa shape index (κ1) is 14.5. The summed E-state index contributed by atoms with van der Waals surface area (Å²) in [6.45, 7) is 0.651. The van der Waals surface area contributed by atoms with Gasteiger partial charge < -0.3 is 15.2 Å². The molecule has 22 heavy (non-hydrogen) atoms. The molecule has 1 aromatic carbocycles. The lowest BCUT2D eigenvalue weighted by Crippen LogP contribution is -2.33. The molecule has 114 valence electrons.